The van der Waals surface area contributed by atoms with Crippen molar-refractivity contribution >= 4 is 11.9 Å². The molecule has 0 unspecified atom stereocenters. The first-order valence-corrected chi connectivity index (χ1v) is 7.09. The first-order chi connectivity index (χ1) is 11.0. The second kappa shape index (κ2) is 5.72. The maximum Gasteiger partial charge on any atom is 0.259 e. The van der Waals surface area contributed by atoms with E-state index in [1.807, 2.05) is 24.3 Å². The fraction of sp³-hybridized carbons (Fsp3) is 0.176. The number of nitrogens with two attached hydrogens (primary N) is 1. The van der Waals surface area contributed by atoms with Crippen molar-refractivity contribution < 1.29 is 13.9 Å². The van der Waals surface area contributed by atoms with Crippen LogP contribution >= 0.6 is 0 Å². The Hall–Kier alpha value is -2.89. The van der Waals surface area contributed by atoms with Gasteiger partial charge < -0.3 is 10.5 Å². The van der Waals surface area contributed by atoms with Crippen molar-refractivity contribution in [2.24, 2.45) is 10.7 Å². The van der Waals surface area contributed by atoms with E-state index in [2.05, 4.69) is 10.3 Å². The van der Waals surface area contributed by atoms with Crippen molar-refractivity contribution in [1.82, 2.24) is 5.32 Å². The van der Waals surface area contributed by atoms with Crippen molar-refractivity contribution in [2.75, 3.05) is 7.11 Å². The van der Waals surface area contributed by atoms with E-state index in [9.17, 15) is 9.18 Å². The summed E-state index contributed by atoms with van der Waals surface area (Å²) in [6, 6.07) is 13.1. The average Bonchev–Trinajstić information content (AvgIpc) is 2.83. The fourth-order valence-corrected chi connectivity index (χ4v) is 2.69. The first kappa shape index (κ1) is 15.0. The number of hydrogen-bond acceptors (Lipinski definition) is 4. The third kappa shape index (κ3) is 2.75. The number of aliphatic imine (C=N–C) groups is 1. The highest BCUT2D eigenvalue weighted by Crippen LogP contribution is 2.33. The van der Waals surface area contributed by atoms with E-state index in [1.165, 1.54) is 12.1 Å². The summed E-state index contributed by atoms with van der Waals surface area (Å²) >= 11 is 0. The van der Waals surface area contributed by atoms with Gasteiger partial charge >= 0.3 is 0 Å². The molecule has 1 heterocycles. The SMILES string of the molecule is COc1ccc(C[C@@]2(c3ccc(F)cc3)N=C(N)NC2=O)cc1. The quantitative estimate of drug-likeness (QED) is 0.902. The maximum atomic E-state index is 13.2. The molecule has 6 heteroatoms. The van der Waals surface area contributed by atoms with Gasteiger partial charge in [0.05, 0.1) is 7.11 Å². The number of amides is 1. The molecule has 5 nitrogen and oxygen atoms in total. The zero-order valence-electron chi connectivity index (χ0n) is 12.5. The highest BCUT2D eigenvalue weighted by Gasteiger charge is 2.44. The third-order valence-electron chi connectivity index (χ3n) is 3.87. The molecule has 1 aliphatic rings. The number of carbonyl (C=O) groups excluding carboxylic acids is 1. The largest absolute Gasteiger partial charge is 0.497 e. The number of nitrogens with zero attached hydrogens (tertiary/aromatic N) is 1. The van der Waals surface area contributed by atoms with Gasteiger partial charge in [-0.3, -0.25) is 10.1 Å². The minimum atomic E-state index is -1.19. The van der Waals surface area contributed by atoms with Crippen LogP contribution in [0.1, 0.15) is 11.1 Å². The van der Waals surface area contributed by atoms with Crippen LogP contribution < -0.4 is 15.8 Å². The van der Waals surface area contributed by atoms with Crippen molar-refractivity contribution in [3.63, 3.8) is 0 Å². The Morgan fingerprint density at radius 2 is 1.83 bits per heavy atom. The molecule has 2 aromatic rings. The highest BCUT2D eigenvalue weighted by atomic mass is 19.1. The summed E-state index contributed by atoms with van der Waals surface area (Å²) in [6.07, 6.45) is 0.315. The smallest absolute Gasteiger partial charge is 0.259 e. The van der Waals surface area contributed by atoms with Gasteiger partial charge in [0.15, 0.2) is 11.5 Å². The van der Waals surface area contributed by atoms with Crippen LogP contribution in [0.4, 0.5) is 4.39 Å². The lowest BCUT2D eigenvalue weighted by Crippen LogP contribution is -2.40. The number of benzene rings is 2. The predicted molar refractivity (Wildman–Crippen MR) is 84.5 cm³/mol. The van der Waals surface area contributed by atoms with Crippen LogP contribution in [0.3, 0.4) is 0 Å². The van der Waals surface area contributed by atoms with E-state index in [4.69, 9.17) is 10.5 Å². The van der Waals surface area contributed by atoms with E-state index in [0.717, 1.165) is 11.3 Å². The lowest BCUT2D eigenvalue weighted by Gasteiger charge is -2.24. The first-order valence-electron chi connectivity index (χ1n) is 7.09. The minimum Gasteiger partial charge on any atom is -0.497 e. The maximum absolute atomic E-state index is 13.2. The zero-order chi connectivity index (χ0) is 16.4. The number of carbonyl (C=O) groups is 1. The molecule has 0 bridgehead atoms. The monoisotopic (exact) mass is 313 g/mol. The molecule has 23 heavy (non-hydrogen) atoms. The molecule has 2 aromatic carbocycles. The van der Waals surface area contributed by atoms with E-state index in [-0.39, 0.29) is 17.7 Å². The lowest BCUT2D eigenvalue weighted by molar-refractivity contribution is -0.124. The number of halogens is 1. The topological polar surface area (TPSA) is 76.7 Å². The van der Waals surface area contributed by atoms with Gasteiger partial charge in [0, 0.05) is 6.42 Å². The molecule has 3 rings (SSSR count). The molecule has 0 fully saturated rings. The fourth-order valence-electron chi connectivity index (χ4n) is 2.69. The second-order valence-corrected chi connectivity index (χ2v) is 5.34. The van der Waals surface area contributed by atoms with Gasteiger partial charge in [-0.2, -0.15) is 0 Å². The number of ether oxygens (including phenoxy) is 1. The molecule has 118 valence electrons. The van der Waals surface area contributed by atoms with Crippen LogP contribution in [0.5, 0.6) is 5.75 Å². The Labute approximate surface area is 133 Å². The molecular formula is C17H16FN3O2. The molecule has 1 amide bonds. The highest BCUT2D eigenvalue weighted by molar-refractivity contribution is 6.07. The molecule has 3 N–H and O–H groups in total. The Balaban J connectivity index is 2.02. The van der Waals surface area contributed by atoms with Gasteiger partial charge in [0.2, 0.25) is 0 Å². The molecule has 1 aliphatic heterocycles. The molecule has 1 atom stereocenters. The summed E-state index contributed by atoms with van der Waals surface area (Å²) in [6.45, 7) is 0. The molecule has 0 saturated heterocycles. The van der Waals surface area contributed by atoms with Crippen molar-refractivity contribution in [2.45, 2.75) is 12.0 Å². The van der Waals surface area contributed by atoms with E-state index in [1.54, 1.807) is 19.2 Å². The summed E-state index contributed by atoms with van der Waals surface area (Å²) in [5.41, 5.74) is 5.99. The molecule has 0 aromatic heterocycles. The number of nitrogens with one attached hydrogen (secondary N) is 1. The van der Waals surface area contributed by atoms with Crippen molar-refractivity contribution in [3.8, 4) is 5.75 Å². The van der Waals surface area contributed by atoms with E-state index < -0.39 is 5.54 Å². The second-order valence-electron chi connectivity index (χ2n) is 5.34. The molecule has 0 radical (unpaired) electrons. The predicted octanol–water partition coefficient (Wildman–Crippen LogP) is 1.72. The number of guanidine groups is 1. The van der Waals surface area contributed by atoms with Gasteiger partial charge in [-0.1, -0.05) is 24.3 Å². The molecule has 0 aliphatic carbocycles. The van der Waals surface area contributed by atoms with Gasteiger partial charge in [-0.05, 0) is 35.4 Å². The van der Waals surface area contributed by atoms with Crippen LogP contribution in [0.2, 0.25) is 0 Å². The van der Waals surface area contributed by atoms with Crippen LogP contribution in [0, 0.1) is 5.82 Å². The van der Waals surface area contributed by atoms with Crippen molar-refractivity contribution in [3.05, 3.63) is 65.5 Å². The number of methoxy groups -OCH3 is 1. The van der Waals surface area contributed by atoms with Crippen LogP contribution in [0.15, 0.2) is 53.5 Å². The standard InChI is InChI=1S/C17H16FN3O2/c1-23-14-8-2-11(3-9-14)10-17(15(22)20-16(19)21-17)12-4-6-13(18)7-5-12/h2-9H,10H2,1H3,(H3,19,20,21,22)/t17-/m0/s1. The normalized spacial score (nSPS) is 20.1. The zero-order valence-corrected chi connectivity index (χ0v) is 12.5. The van der Waals surface area contributed by atoms with Gasteiger partial charge in [-0.25, -0.2) is 9.38 Å². The summed E-state index contributed by atoms with van der Waals surface area (Å²) in [4.78, 5) is 16.8. The van der Waals surface area contributed by atoms with E-state index >= 15 is 0 Å². The Kier molecular flexibility index (Phi) is 3.73. The number of rotatable bonds is 4. The third-order valence-corrected chi connectivity index (χ3v) is 3.87. The Bertz CT molecular complexity index is 756. The minimum absolute atomic E-state index is 0.0628. The van der Waals surface area contributed by atoms with Crippen LogP contribution in [-0.2, 0) is 16.8 Å². The average molecular weight is 313 g/mol. The molecule has 0 saturated carbocycles. The van der Waals surface area contributed by atoms with Gasteiger partial charge in [0.25, 0.3) is 5.91 Å². The van der Waals surface area contributed by atoms with Crippen molar-refractivity contribution in [1.29, 1.82) is 0 Å². The summed E-state index contributed by atoms with van der Waals surface area (Å²) in [5, 5.41) is 2.53. The van der Waals surface area contributed by atoms with Crippen LogP contribution in [-0.4, -0.2) is 19.0 Å². The van der Waals surface area contributed by atoms with Gasteiger partial charge in [0.1, 0.15) is 11.6 Å². The Morgan fingerprint density at radius 3 is 2.35 bits per heavy atom. The Morgan fingerprint density at radius 1 is 1.17 bits per heavy atom. The van der Waals surface area contributed by atoms with Crippen LogP contribution in [0.25, 0.3) is 0 Å². The lowest BCUT2D eigenvalue weighted by atomic mass is 9.84. The van der Waals surface area contributed by atoms with Gasteiger partial charge in [-0.15, -0.1) is 0 Å². The molecular weight excluding hydrogens is 297 g/mol. The summed E-state index contributed by atoms with van der Waals surface area (Å²) < 4.78 is 18.3. The summed E-state index contributed by atoms with van der Waals surface area (Å²) in [7, 11) is 1.59. The summed E-state index contributed by atoms with van der Waals surface area (Å²) in [5.74, 6) is 0.0948. The van der Waals surface area contributed by atoms with E-state index in [0.29, 0.717) is 12.0 Å². The number of hydrogen-bond donors (Lipinski definition) is 2. The molecule has 0 spiro atoms.